The summed E-state index contributed by atoms with van der Waals surface area (Å²) in [7, 11) is 0. The Hall–Kier alpha value is -9.50. The Morgan fingerprint density at radius 1 is 0.288 bits per heavy atom. The summed E-state index contributed by atoms with van der Waals surface area (Å²) in [5.74, 6) is 0. The van der Waals surface area contributed by atoms with Gasteiger partial charge in [-0.05, 0) is 154 Å². The summed E-state index contributed by atoms with van der Waals surface area (Å²) in [6, 6.07) is 100. The molecule has 13 aromatic carbocycles. The molecule has 0 radical (unpaired) electrons. The van der Waals surface area contributed by atoms with Crippen LogP contribution in [0.2, 0.25) is 0 Å². The van der Waals surface area contributed by atoms with Gasteiger partial charge in [0.1, 0.15) is 0 Å². The second kappa shape index (κ2) is 15.3. The highest BCUT2D eigenvalue weighted by Gasteiger charge is 2.52. The summed E-state index contributed by atoms with van der Waals surface area (Å²) in [4.78, 5) is 2.58. The van der Waals surface area contributed by atoms with E-state index < -0.39 is 5.41 Å². The van der Waals surface area contributed by atoms with E-state index in [0.717, 1.165) is 22.7 Å². The molecule has 0 fully saturated rings. The molecule has 0 saturated heterocycles. The second-order valence-electron chi connectivity index (χ2n) is 19.9. The minimum absolute atomic E-state index is 0.529. The third kappa shape index (κ3) is 5.52. The quantitative estimate of drug-likeness (QED) is 0.156. The lowest BCUT2D eigenvalue weighted by molar-refractivity contribution is 0.794. The first-order chi connectivity index (χ1) is 36.2. The van der Waals surface area contributed by atoms with E-state index in [2.05, 4.69) is 276 Å². The van der Waals surface area contributed by atoms with Crippen LogP contribution in [0.15, 0.2) is 267 Å². The molecular formula is C71H44N2. The zero-order valence-electron chi connectivity index (χ0n) is 39.8. The number of hydrogen-bond donors (Lipinski definition) is 0. The molecule has 1 heterocycles. The number of fused-ring (bicyclic) bond motifs is 21. The predicted octanol–water partition coefficient (Wildman–Crippen LogP) is 18.9. The molecule has 0 saturated carbocycles. The Bertz CT molecular complexity index is 4540. The number of benzene rings is 13. The summed E-state index contributed by atoms with van der Waals surface area (Å²) in [6.07, 6.45) is 0. The van der Waals surface area contributed by atoms with Crippen LogP contribution in [0.3, 0.4) is 0 Å². The third-order valence-corrected chi connectivity index (χ3v) is 16.3. The largest absolute Gasteiger partial charge is 0.310 e. The van der Waals surface area contributed by atoms with Crippen molar-refractivity contribution in [2.75, 3.05) is 4.90 Å². The molecule has 0 unspecified atom stereocenters. The Kier molecular flexibility index (Phi) is 8.41. The molecule has 2 heteroatoms. The van der Waals surface area contributed by atoms with E-state index in [1.165, 1.54) is 121 Å². The Morgan fingerprint density at radius 2 is 0.767 bits per heavy atom. The highest BCUT2D eigenvalue weighted by atomic mass is 15.1. The smallest absolute Gasteiger partial charge is 0.0726 e. The fraction of sp³-hybridized carbons (Fsp3) is 0.0141. The first-order valence-corrected chi connectivity index (χ1v) is 25.4. The van der Waals surface area contributed by atoms with Crippen LogP contribution in [0.25, 0.3) is 104 Å². The maximum absolute atomic E-state index is 2.58. The highest BCUT2D eigenvalue weighted by molar-refractivity contribution is 6.26. The highest BCUT2D eigenvalue weighted by Crippen LogP contribution is 2.64. The molecule has 2 aliphatic carbocycles. The van der Waals surface area contributed by atoms with Crippen LogP contribution in [0.4, 0.5) is 17.1 Å². The molecule has 338 valence electrons. The third-order valence-electron chi connectivity index (χ3n) is 16.3. The number of para-hydroxylation sites is 1. The van der Waals surface area contributed by atoms with Crippen molar-refractivity contribution in [3.05, 3.63) is 289 Å². The fourth-order valence-electron chi connectivity index (χ4n) is 13.4. The summed E-state index contributed by atoms with van der Waals surface area (Å²) in [5.41, 5.74) is 19.1. The van der Waals surface area contributed by atoms with E-state index in [1.54, 1.807) is 0 Å². The zero-order valence-corrected chi connectivity index (χ0v) is 39.8. The van der Waals surface area contributed by atoms with Crippen molar-refractivity contribution in [2.24, 2.45) is 0 Å². The van der Waals surface area contributed by atoms with Crippen LogP contribution in [0.5, 0.6) is 0 Å². The monoisotopic (exact) mass is 924 g/mol. The second-order valence-corrected chi connectivity index (χ2v) is 19.9. The number of hydrogen-bond acceptors (Lipinski definition) is 1. The van der Waals surface area contributed by atoms with E-state index in [9.17, 15) is 0 Å². The van der Waals surface area contributed by atoms with Crippen molar-refractivity contribution in [1.29, 1.82) is 0 Å². The van der Waals surface area contributed by atoms with Gasteiger partial charge in [-0.1, -0.05) is 206 Å². The van der Waals surface area contributed by atoms with Crippen molar-refractivity contribution < 1.29 is 0 Å². The van der Waals surface area contributed by atoms with Crippen LogP contribution in [-0.4, -0.2) is 4.57 Å². The molecular weight excluding hydrogens is 881 g/mol. The van der Waals surface area contributed by atoms with Crippen LogP contribution >= 0.6 is 0 Å². The Balaban J connectivity index is 1.06. The maximum Gasteiger partial charge on any atom is 0.0726 e. The molecule has 0 aliphatic heterocycles. The van der Waals surface area contributed by atoms with Gasteiger partial charge in [0.05, 0.1) is 22.1 Å². The van der Waals surface area contributed by atoms with Crippen molar-refractivity contribution in [3.8, 4) is 39.1 Å². The minimum atomic E-state index is -0.529. The van der Waals surface area contributed by atoms with E-state index in [0.29, 0.717) is 0 Å². The first kappa shape index (κ1) is 40.3. The number of rotatable bonds is 5. The van der Waals surface area contributed by atoms with Gasteiger partial charge in [0.15, 0.2) is 0 Å². The van der Waals surface area contributed by atoms with Gasteiger partial charge in [0, 0.05) is 33.4 Å². The summed E-state index contributed by atoms with van der Waals surface area (Å²) < 4.78 is 2.44. The van der Waals surface area contributed by atoms with Crippen LogP contribution in [-0.2, 0) is 5.41 Å². The normalized spacial score (nSPS) is 13.0. The lowest BCUT2D eigenvalue weighted by atomic mass is 9.70. The molecule has 73 heavy (non-hydrogen) atoms. The minimum Gasteiger partial charge on any atom is -0.310 e. The maximum atomic E-state index is 2.58. The molecule has 0 bridgehead atoms. The number of nitrogens with zero attached hydrogens (tertiary/aromatic N) is 2. The van der Waals surface area contributed by atoms with Crippen LogP contribution in [0.1, 0.15) is 22.3 Å². The van der Waals surface area contributed by atoms with Gasteiger partial charge >= 0.3 is 0 Å². The summed E-state index contributed by atoms with van der Waals surface area (Å²) >= 11 is 0. The lowest BCUT2D eigenvalue weighted by Gasteiger charge is -2.33. The van der Waals surface area contributed by atoms with Crippen molar-refractivity contribution in [1.82, 2.24) is 4.57 Å². The number of aromatic nitrogens is 1. The molecule has 14 aromatic rings. The van der Waals surface area contributed by atoms with E-state index in [4.69, 9.17) is 0 Å². The Morgan fingerprint density at radius 3 is 1.41 bits per heavy atom. The number of anilines is 3. The molecule has 16 rings (SSSR count). The van der Waals surface area contributed by atoms with Gasteiger partial charge in [-0.25, -0.2) is 0 Å². The van der Waals surface area contributed by atoms with Gasteiger partial charge in [0.25, 0.3) is 0 Å². The van der Waals surface area contributed by atoms with Gasteiger partial charge in [0.2, 0.25) is 0 Å². The molecule has 0 amide bonds. The Labute approximate surface area is 422 Å². The van der Waals surface area contributed by atoms with Gasteiger partial charge in [-0.2, -0.15) is 0 Å². The SMILES string of the molecule is c1ccc(-c2cc3c(cc2N(c2ccc4c5ccccc5c5ccccc5c4c2)c2ccc4c(c2)c2c5ccccc5ccc2n4-c2ccccc2)C2(c4ccccc4-c4ccccc42)c2ccccc2-3)cc1. The fourth-order valence-corrected chi connectivity index (χ4v) is 13.4. The van der Waals surface area contributed by atoms with Crippen LogP contribution < -0.4 is 4.90 Å². The molecule has 1 spiro atoms. The molecule has 0 atom stereocenters. The summed E-state index contributed by atoms with van der Waals surface area (Å²) in [5, 5.41) is 12.4. The average Bonchev–Trinajstić information content (AvgIpc) is 4.09. The van der Waals surface area contributed by atoms with Crippen molar-refractivity contribution >= 4 is 82.0 Å². The van der Waals surface area contributed by atoms with Crippen LogP contribution in [0, 0.1) is 0 Å². The molecule has 0 N–H and O–H groups in total. The molecule has 2 aliphatic rings. The van der Waals surface area contributed by atoms with Gasteiger partial charge < -0.3 is 9.47 Å². The molecule has 1 aromatic heterocycles. The van der Waals surface area contributed by atoms with Gasteiger partial charge in [-0.15, -0.1) is 0 Å². The van der Waals surface area contributed by atoms with E-state index >= 15 is 0 Å². The molecule has 2 nitrogen and oxygen atoms in total. The van der Waals surface area contributed by atoms with Crippen molar-refractivity contribution in [3.63, 3.8) is 0 Å². The topological polar surface area (TPSA) is 8.17 Å². The van der Waals surface area contributed by atoms with E-state index in [-0.39, 0.29) is 0 Å². The predicted molar refractivity (Wildman–Crippen MR) is 307 cm³/mol. The average molecular weight is 925 g/mol. The zero-order chi connectivity index (χ0) is 47.8. The summed E-state index contributed by atoms with van der Waals surface area (Å²) in [6.45, 7) is 0. The van der Waals surface area contributed by atoms with Gasteiger partial charge in [-0.3, -0.25) is 0 Å². The first-order valence-electron chi connectivity index (χ1n) is 25.4. The lowest BCUT2D eigenvalue weighted by Crippen LogP contribution is -2.26. The standard InChI is InChI=1S/C71H44N2/c1-3-19-45(20-4-1)59-43-61-58-31-15-18-34-65(58)71(63-32-16-13-29-56(63)57-30-14-17-33-64(57)71)66(61)44-69(59)72(48-36-38-55-53-27-10-9-25-51(53)52-26-11-12-28-54(52)60(55)41-48)49-37-40-67-62(42-49)70-50-24-8-7-21-46(50)35-39-68(70)73(67)47-22-5-2-6-23-47/h1-44H. The van der Waals surface area contributed by atoms with E-state index in [1.807, 2.05) is 0 Å². The van der Waals surface area contributed by atoms with Crippen molar-refractivity contribution in [2.45, 2.75) is 5.41 Å².